The monoisotopic (exact) mass is 341 g/mol. The van der Waals surface area contributed by atoms with Crippen molar-refractivity contribution in [1.29, 1.82) is 0 Å². The number of nitrogens with two attached hydrogens (primary N) is 1. The second kappa shape index (κ2) is 7.06. The van der Waals surface area contributed by atoms with Gasteiger partial charge in [-0.25, -0.2) is 0 Å². The highest BCUT2D eigenvalue weighted by Crippen LogP contribution is 2.35. The Balaban J connectivity index is 1.68. The zero-order valence-electron chi connectivity index (χ0n) is 14.5. The minimum absolute atomic E-state index is 0.200. The predicted molar refractivity (Wildman–Crippen MR) is 94.0 cm³/mol. The highest BCUT2D eigenvalue weighted by Gasteiger charge is 2.33. The molecule has 2 atom stereocenters. The summed E-state index contributed by atoms with van der Waals surface area (Å²) in [7, 11) is 3.82. The average molecular weight is 341 g/mol. The van der Waals surface area contributed by atoms with Gasteiger partial charge in [-0.3, -0.25) is 19.5 Å². The number of nitrogens with one attached hydrogen (secondary N) is 1. The fourth-order valence-corrected chi connectivity index (χ4v) is 3.56. The van der Waals surface area contributed by atoms with E-state index in [1.54, 1.807) is 24.0 Å². The van der Waals surface area contributed by atoms with Crippen LogP contribution >= 0.6 is 0 Å². The SMILES string of the molecule is CN1CC[C@@H](CNC(=O)c2cc(C(N)=O)cn2C)[C@@H]1c1cccnc1. The Morgan fingerprint density at radius 1 is 1.40 bits per heavy atom. The van der Waals surface area contributed by atoms with Gasteiger partial charge in [0.1, 0.15) is 5.69 Å². The molecule has 7 nitrogen and oxygen atoms in total. The van der Waals surface area contributed by atoms with Crippen molar-refractivity contribution < 1.29 is 9.59 Å². The molecule has 0 spiro atoms. The molecule has 1 fully saturated rings. The third-order valence-corrected chi connectivity index (χ3v) is 4.85. The van der Waals surface area contributed by atoms with Crippen LogP contribution in [-0.2, 0) is 7.05 Å². The van der Waals surface area contributed by atoms with Crippen LogP contribution in [0.3, 0.4) is 0 Å². The molecule has 1 saturated heterocycles. The topological polar surface area (TPSA) is 93.3 Å². The standard InChI is InChI=1S/C18H23N5O2/c1-22-7-5-13(16(22)12-4-3-6-20-9-12)10-21-18(25)15-8-14(17(19)24)11-23(15)2/h3-4,6,8-9,11,13,16H,5,7,10H2,1-2H3,(H2,19,24)(H,21,25)/t13-,16-/m0/s1. The van der Waals surface area contributed by atoms with Crippen molar-refractivity contribution in [2.24, 2.45) is 18.7 Å². The van der Waals surface area contributed by atoms with Gasteiger partial charge in [0.15, 0.2) is 0 Å². The van der Waals surface area contributed by atoms with Gasteiger partial charge in [-0.2, -0.15) is 0 Å². The third kappa shape index (κ3) is 3.56. The van der Waals surface area contributed by atoms with E-state index in [-0.39, 0.29) is 11.9 Å². The first-order valence-corrected chi connectivity index (χ1v) is 8.32. The lowest BCUT2D eigenvalue weighted by molar-refractivity contribution is 0.0935. The van der Waals surface area contributed by atoms with Crippen molar-refractivity contribution in [3.63, 3.8) is 0 Å². The number of aromatic nitrogens is 2. The van der Waals surface area contributed by atoms with E-state index in [0.717, 1.165) is 18.5 Å². The number of primary amides is 1. The van der Waals surface area contributed by atoms with E-state index in [2.05, 4.69) is 28.3 Å². The molecule has 25 heavy (non-hydrogen) atoms. The molecule has 3 N–H and O–H groups in total. The molecule has 3 heterocycles. The van der Waals surface area contributed by atoms with Crippen LogP contribution in [0.25, 0.3) is 0 Å². The van der Waals surface area contributed by atoms with E-state index >= 15 is 0 Å². The number of carbonyl (C=O) groups is 2. The largest absolute Gasteiger partial charge is 0.366 e. The quantitative estimate of drug-likeness (QED) is 0.846. The number of likely N-dealkylation sites (tertiary alicyclic amines) is 1. The van der Waals surface area contributed by atoms with Crippen molar-refractivity contribution >= 4 is 11.8 Å². The number of pyridine rings is 1. The average Bonchev–Trinajstić information content (AvgIpc) is 3.16. The predicted octanol–water partition coefficient (Wildman–Crippen LogP) is 0.942. The van der Waals surface area contributed by atoms with E-state index in [1.807, 2.05) is 12.3 Å². The van der Waals surface area contributed by atoms with Gasteiger partial charge in [-0.1, -0.05) is 6.07 Å². The van der Waals surface area contributed by atoms with Gasteiger partial charge in [0.2, 0.25) is 5.91 Å². The van der Waals surface area contributed by atoms with Gasteiger partial charge in [-0.15, -0.1) is 0 Å². The molecule has 0 saturated carbocycles. The molecule has 1 aliphatic rings. The normalized spacial score (nSPS) is 20.6. The van der Waals surface area contributed by atoms with E-state index in [9.17, 15) is 9.59 Å². The van der Waals surface area contributed by atoms with Gasteiger partial charge in [0.25, 0.3) is 5.91 Å². The van der Waals surface area contributed by atoms with Crippen LogP contribution in [0, 0.1) is 5.92 Å². The highest BCUT2D eigenvalue weighted by atomic mass is 16.2. The van der Waals surface area contributed by atoms with Crippen LogP contribution in [0.4, 0.5) is 0 Å². The molecule has 2 amide bonds. The molecule has 2 aromatic rings. The fraction of sp³-hybridized carbons (Fsp3) is 0.389. The number of aryl methyl sites for hydroxylation is 1. The van der Waals surface area contributed by atoms with Gasteiger partial charge < -0.3 is 15.6 Å². The Labute approximate surface area is 146 Å². The molecule has 3 rings (SSSR count). The van der Waals surface area contributed by atoms with Crippen LogP contribution in [-0.4, -0.2) is 46.4 Å². The lowest BCUT2D eigenvalue weighted by atomic mass is 9.95. The molecule has 7 heteroatoms. The van der Waals surface area contributed by atoms with Crippen molar-refractivity contribution in [2.75, 3.05) is 20.1 Å². The Kier molecular flexibility index (Phi) is 4.85. The lowest BCUT2D eigenvalue weighted by Crippen LogP contribution is -2.33. The molecule has 1 aliphatic heterocycles. The van der Waals surface area contributed by atoms with Crippen molar-refractivity contribution in [2.45, 2.75) is 12.5 Å². The second-order valence-corrected chi connectivity index (χ2v) is 6.56. The Hall–Kier alpha value is -2.67. The van der Waals surface area contributed by atoms with Gasteiger partial charge in [0.05, 0.1) is 5.56 Å². The first kappa shape index (κ1) is 17.2. The van der Waals surface area contributed by atoms with Crippen LogP contribution in [0.1, 0.15) is 38.9 Å². The summed E-state index contributed by atoms with van der Waals surface area (Å²) in [5, 5.41) is 3.00. The third-order valence-electron chi connectivity index (χ3n) is 4.85. The molecule has 132 valence electrons. The molecule has 0 aromatic carbocycles. The zero-order chi connectivity index (χ0) is 18.0. The summed E-state index contributed by atoms with van der Waals surface area (Å²) >= 11 is 0. The Bertz CT molecular complexity index is 771. The molecule has 0 aliphatic carbocycles. The van der Waals surface area contributed by atoms with Gasteiger partial charge >= 0.3 is 0 Å². The van der Waals surface area contributed by atoms with Crippen LogP contribution in [0.2, 0.25) is 0 Å². The number of amides is 2. The van der Waals surface area contributed by atoms with Crippen LogP contribution < -0.4 is 11.1 Å². The molecule has 0 unspecified atom stereocenters. The molecular formula is C18H23N5O2. The van der Waals surface area contributed by atoms with Crippen molar-refractivity contribution in [3.05, 3.63) is 53.6 Å². The minimum atomic E-state index is -0.538. The molecule has 0 bridgehead atoms. The minimum Gasteiger partial charge on any atom is -0.366 e. The van der Waals surface area contributed by atoms with E-state index < -0.39 is 5.91 Å². The first-order valence-electron chi connectivity index (χ1n) is 8.32. The number of hydrogen-bond acceptors (Lipinski definition) is 4. The summed E-state index contributed by atoms with van der Waals surface area (Å²) in [5.74, 6) is -0.424. The summed E-state index contributed by atoms with van der Waals surface area (Å²) in [5.41, 5.74) is 7.20. The summed E-state index contributed by atoms with van der Waals surface area (Å²) < 4.78 is 1.62. The van der Waals surface area contributed by atoms with Crippen LogP contribution in [0.15, 0.2) is 36.8 Å². The maximum absolute atomic E-state index is 12.5. The van der Waals surface area contributed by atoms with E-state index in [0.29, 0.717) is 23.7 Å². The van der Waals surface area contributed by atoms with E-state index in [4.69, 9.17) is 5.73 Å². The fourth-order valence-electron chi connectivity index (χ4n) is 3.56. The number of rotatable bonds is 5. The number of carbonyl (C=O) groups excluding carboxylic acids is 2. The van der Waals surface area contributed by atoms with E-state index in [1.165, 1.54) is 6.07 Å². The maximum Gasteiger partial charge on any atom is 0.267 e. The lowest BCUT2D eigenvalue weighted by Gasteiger charge is -2.25. The summed E-state index contributed by atoms with van der Waals surface area (Å²) in [6.45, 7) is 1.55. The number of hydrogen-bond donors (Lipinski definition) is 2. The summed E-state index contributed by atoms with van der Waals surface area (Å²) in [4.78, 5) is 30.2. The molecule has 0 radical (unpaired) electrons. The smallest absolute Gasteiger partial charge is 0.267 e. The van der Waals surface area contributed by atoms with Crippen molar-refractivity contribution in [1.82, 2.24) is 19.8 Å². The Morgan fingerprint density at radius 2 is 2.20 bits per heavy atom. The van der Waals surface area contributed by atoms with Crippen molar-refractivity contribution in [3.8, 4) is 0 Å². The summed E-state index contributed by atoms with van der Waals surface area (Å²) in [6, 6.07) is 5.78. The number of nitrogens with zero attached hydrogens (tertiary/aromatic N) is 3. The highest BCUT2D eigenvalue weighted by molar-refractivity contribution is 5.98. The van der Waals surface area contributed by atoms with Gasteiger partial charge in [0, 0.05) is 38.2 Å². The Morgan fingerprint density at radius 3 is 2.84 bits per heavy atom. The van der Waals surface area contributed by atoms with Gasteiger partial charge in [-0.05, 0) is 43.6 Å². The molecular weight excluding hydrogens is 318 g/mol. The van der Waals surface area contributed by atoms with Crippen LogP contribution in [0.5, 0.6) is 0 Å². The maximum atomic E-state index is 12.5. The molecule has 2 aromatic heterocycles. The summed E-state index contributed by atoms with van der Waals surface area (Å²) in [6.07, 6.45) is 6.23. The second-order valence-electron chi connectivity index (χ2n) is 6.56. The first-order chi connectivity index (χ1) is 12.0. The zero-order valence-corrected chi connectivity index (χ0v) is 14.5.